The molecule has 0 aliphatic rings. The second-order valence-corrected chi connectivity index (χ2v) is 4.29. The molecule has 0 heterocycles. The summed E-state index contributed by atoms with van der Waals surface area (Å²) in [6.45, 7) is 4.47. The molecule has 0 amide bonds. The van der Waals surface area contributed by atoms with Crippen LogP contribution in [0.4, 0.5) is 0 Å². The summed E-state index contributed by atoms with van der Waals surface area (Å²) in [5.74, 6) is 0. The van der Waals surface area contributed by atoms with Crippen molar-refractivity contribution < 1.29 is 0 Å². The first-order chi connectivity index (χ1) is 7.91. The Morgan fingerprint density at radius 3 is 1.44 bits per heavy atom. The molecule has 0 aromatic rings. The van der Waals surface area contributed by atoms with Crippen molar-refractivity contribution >= 4 is 12.4 Å². The maximum absolute atomic E-state index is 4.03. The van der Waals surface area contributed by atoms with E-state index in [0.29, 0.717) is 0 Å². The van der Waals surface area contributed by atoms with E-state index in [1.54, 1.807) is 0 Å². The zero-order valence-electron chi connectivity index (χ0n) is 11.1. The van der Waals surface area contributed by atoms with E-state index < -0.39 is 0 Å². The van der Waals surface area contributed by atoms with Gasteiger partial charge in [-0.25, -0.2) is 0 Å². The average molecular weight is 224 g/mol. The minimum Gasteiger partial charge on any atom is -0.164 e. The molecule has 0 aromatic carbocycles. The Balaban J connectivity index is 3.15. The average Bonchev–Trinajstić information content (AvgIpc) is 2.31. The highest BCUT2D eigenvalue weighted by Gasteiger charge is 1.85. The van der Waals surface area contributed by atoms with Crippen molar-refractivity contribution in [1.82, 2.24) is 0 Å². The monoisotopic (exact) mass is 224 g/mol. The molecule has 0 N–H and O–H groups in total. The molecule has 2 nitrogen and oxygen atoms in total. The molecule has 0 rings (SSSR count). The second kappa shape index (κ2) is 14.3. The highest BCUT2D eigenvalue weighted by Crippen LogP contribution is 2.01. The first-order valence-electron chi connectivity index (χ1n) is 6.95. The smallest absolute Gasteiger partial charge is 0.0270 e. The van der Waals surface area contributed by atoms with Gasteiger partial charge in [0.05, 0.1) is 0 Å². The fourth-order valence-corrected chi connectivity index (χ4v) is 1.53. The molecular weight excluding hydrogens is 196 g/mol. The van der Waals surface area contributed by atoms with Gasteiger partial charge >= 0.3 is 0 Å². The van der Waals surface area contributed by atoms with Crippen LogP contribution in [0.3, 0.4) is 0 Å². The highest BCUT2D eigenvalue weighted by molar-refractivity contribution is 5.61. The van der Waals surface area contributed by atoms with Crippen LogP contribution in [0.2, 0.25) is 0 Å². The van der Waals surface area contributed by atoms with Gasteiger partial charge in [0.1, 0.15) is 0 Å². The van der Waals surface area contributed by atoms with Crippen molar-refractivity contribution in [2.24, 2.45) is 10.2 Å². The standard InChI is InChI=1S/C14H28N2/c1-3-5-7-9-11-13-15-16-14-12-10-8-6-4-2/h13-14H,3-12H2,1-2H3. The predicted octanol–water partition coefficient (Wildman–Crippen LogP) is 4.98. The summed E-state index contributed by atoms with van der Waals surface area (Å²) in [5, 5.41) is 8.06. The van der Waals surface area contributed by atoms with Crippen molar-refractivity contribution in [2.75, 3.05) is 0 Å². The molecule has 0 spiro atoms. The van der Waals surface area contributed by atoms with Crippen molar-refractivity contribution in [3.63, 3.8) is 0 Å². The van der Waals surface area contributed by atoms with Gasteiger partial charge in [0.25, 0.3) is 0 Å². The third-order valence-corrected chi connectivity index (χ3v) is 2.60. The van der Waals surface area contributed by atoms with Gasteiger partial charge in [-0.05, 0) is 25.7 Å². The zero-order valence-corrected chi connectivity index (χ0v) is 11.1. The van der Waals surface area contributed by atoms with Gasteiger partial charge in [-0.1, -0.05) is 52.4 Å². The molecule has 0 saturated heterocycles. The van der Waals surface area contributed by atoms with Crippen LogP contribution in [0.25, 0.3) is 0 Å². The maximum atomic E-state index is 4.03. The number of unbranched alkanes of at least 4 members (excludes halogenated alkanes) is 8. The Labute approximate surface area is 101 Å². The van der Waals surface area contributed by atoms with E-state index in [4.69, 9.17) is 0 Å². The molecule has 0 unspecified atom stereocenters. The fourth-order valence-electron chi connectivity index (χ4n) is 1.53. The first kappa shape index (κ1) is 15.3. The molecule has 0 radical (unpaired) electrons. The van der Waals surface area contributed by atoms with E-state index in [0.717, 1.165) is 12.8 Å². The third-order valence-electron chi connectivity index (χ3n) is 2.60. The van der Waals surface area contributed by atoms with Gasteiger partial charge in [0, 0.05) is 12.4 Å². The van der Waals surface area contributed by atoms with E-state index in [1.807, 2.05) is 12.4 Å². The van der Waals surface area contributed by atoms with Gasteiger partial charge in [0.2, 0.25) is 0 Å². The minimum atomic E-state index is 1.08. The van der Waals surface area contributed by atoms with E-state index in [-0.39, 0.29) is 0 Å². The summed E-state index contributed by atoms with van der Waals surface area (Å²) in [5.41, 5.74) is 0. The Bertz CT molecular complexity index is 154. The van der Waals surface area contributed by atoms with Crippen LogP contribution in [-0.2, 0) is 0 Å². The van der Waals surface area contributed by atoms with Crippen molar-refractivity contribution in [2.45, 2.75) is 78.1 Å². The van der Waals surface area contributed by atoms with Crippen LogP contribution >= 0.6 is 0 Å². The predicted molar refractivity (Wildman–Crippen MR) is 74.5 cm³/mol. The number of nitrogens with zero attached hydrogens (tertiary/aromatic N) is 2. The molecular formula is C14H28N2. The van der Waals surface area contributed by atoms with Crippen LogP contribution < -0.4 is 0 Å². The van der Waals surface area contributed by atoms with Gasteiger partial charge in [0.15, 0.2) is 0 Å². The highest BCUT2D eigenvalue weighted by atomic mass is 15.2. The maximum Gasteiger partial charge on any atom is 0.0270 e. The zero-order chi connectivity index (χ0) is 11.9. The number of hydrogen-bond donors (Lipinski definition) is 0. The third kappa shape index (κ3) is 13.3. The summed E-state index contributed by atoms with van der Waals surface area (Å²) in [6.07, 6.45) is 16.5. The van der Waals surface area contributed by atoms with E-state index >= 15 is 0 Å². The number of hydrogen-bond acceptors (Lipinski definition) is 2. The molecule has 0 saturated carbocycles. The minimum absolute atomic E-state index is 1.08. The van der Waals surface area contributed by atoms with Crippen molar-refractivity contribution in [3.05, 3.63) is 0 Å². The van der Waals surface area contributed by atoms with Crippen LogP contribution in [0.1, 0.15) is 78.1 Å². The van der Waals surface area contributed by atoms with Crippen molar-refractivity contribution in [3.8, 4) is 0 Å². The molecule has 0 aromatic heterocycles. The fraction of sp³-hybridized carbons (Fsp3) is 0.857. The normalized spacial score (nSPS) is 11.9. The summed E-state index contributed by atoms with van der Waals surface area (Å²) >= 11 is 0. The quantitative estimate of drug-likeness (QED) is 0.268. The summed E-state index contributed by atoms with van der Waals surface area (Å²) in [6, 6.07) is 0. The van der Waals surface area contributed by atoms with Gasteiger partial charge in [-0.3, -0.25) is 0 Å². The lowest BCUT2D eigenvalue weighted by Crippen LogP contribution is -1.79. The molecule has 0 bridgehead atoms. The van der Waals surface area contributed by atoms with Crippen LogP contribution in [0.5, 0.6) is 0 Å². The van der Waals surface area contributed by atoms with Crippen LogP contribution in [0, 0.1) is 0 Å². The molecule has 0 aliphatic carbocycles. The lowest BCUT2D eigenvalue weighted by Gasteiger charge is -1.93. The van der Waals surface area contributed by atoms with Gasteiger partial charge < -0.3 is 0 Å². The van der Waals surface area contributed by atoms with Crippen LogP contribution in [0.15, 0.2) is 10.2 Å². The molecule has 0 aliphatic heterocycles. The largest absolute Gasteiger partial charge is 0.164 e. The lowest BCUT2D eigenvalue weighted by molar-refractivity contribution is 0.684. The number of rotatable bonds is 11. The Kier molecular flexibility index (Phi) is 13.7. The second-order valence-electron chi connectivity index (χ2n) is 4.29. The lowest BCUT2D eigenvalue weighted by atomic mass is 10.2. The molecule has 16 heavy (non-hydrogen) atoms. The van der Waals surface area contributed by atoms with E-state index in [1.165, 1.54) is 51.4 Å². The van der Waals surface area contributed by atoms with Crippen LogP contribution in [-0.4, -0.2) is 12.4 Å². The summed E-state index contributed by atoms with van der Waals surface area (Å²) < 4.78 is 0. The van der Waals surface area contributed by atoms with Crippen molar-refractivity contribution in [1.29, 1.82) is 0 Å². The van der Waals surface area contributed by atoms with E-state index in [2.05, 4.69) is 24.1 Å². The van der Waals surface area contributed by atoms with Gasteiger partial charge in [-0.2, -0.15) is 10.2 Å². The molecule has 0 fully saturated rings. The van der Waals surface area contributed by atoms with Gasteiger partial charge in [-0.15, -0.1) is 0 Å². The Morgan fingerprint density at radius 1 is 0.625 bits per heavy atom. The Morgan fingerprint density at radius 2 is 1.06 bits per heavy atom. The topological polar surface area (TPSA) is 24.7 Å². The SMILES string of the molecule is CCCCCCC=NN=CCCCCCC. The first-order valence-corrected chi connectivity index (χ1v) is 6.95. The van der Waals surface area contributed by atoms with E-state index in [9.17, 15) is 0 Å². The molecule has 94 valence electrons. The Hall–Kier alpha value is -0.660. The summed E-state index contributed by atoms with van der Waals surface area (Å²) in [7, 11) is 0. The molecule has 2 heteroatoms. The molecule has 0 atom stereocenters. The summed E-state index contributed by atoms with van der Waals surface area (Å²) in [4.78, 5) is 0.